The highest BCUT2D eigenvalue weighted by molar-refractivity contribution is 5.79. The molecule has 0 aromatic carbocycles. The molecule has 5 nitrogen and oxygen atoms in total. The lowest BCUT2D eigenvalue weighted by molar-refractivity contribution is -0.137. The first-order valence-electron chi connectivity index (χ1n) is 7.89. The number of likely N-dealkylation sites (tertiary alicyclic amines) is 1. The van der Waals surface area contributed by atoms with E-state index in [-0.39, 0.29) is 18.1 Å². The van der Waals surface area contributed by atoms with Gasteiger partial charge in [-0.15, -0.1) is 0 Å². The maximum absolute atomic E-state index is 12.5. The Hall–Kier alpha value is -1.26. The number of nitrogens with one attached hydrogen (secondary N) is 1. The molecule has 0 aromatic heterocycles. The molecule has 112 valence electrons. The summed E-state index contributed by atoms with van der Waals surface area (Å²) in [5, 5.41) is 2.86. The standard InChI is InChI=1S/C15H24N2O3/c1-2-20-15(19)16-13-4-3-5-17(9-13)14(18)12-7-10-6-11(10)8-12/h10-13H,2-9H2,1H3,(H,16,19). The van der Waals surface area contributed by atoms with E-state index in [1.807, 2.05) is 4.90 Å². The Bertz CT molecular complexity index is 389. The molecular weight excluding hydrogens is 256 g/mol. The van der Waals surface area contributed by atoms with Crippen LogP contribution in [0.1, 0.15) is 39.0 Å². The van der Waals surface area contributed by atoms with Crippen LogP contribution in [-0.2, 0) is 9.53 Å². The first-order chi connectivity index (χ1) is 9.67. The number of carbonyl (C=O) groups is 2. The van der Waals surface area contributed by atoms with Gasteiger partial charge >= 0.3 is 6.09 Å². The molecule has 1 aliphatic heterocycles. The fourth-order valence-corrected chi connectivity index (χ4v) is 3.81. The smallest absolute Gasteiger partial charge is 0.407 e. The average Bonchev–Trinajstić information content (AvgIpc) is 3.05. The van der Waals surface area contributed by atoms with E-state index in [9.17, 15) is 9.59 Å². The number of carbonyl (C=O) groups excluding carboxylic acids is 2. The minimum absolute atomic E-state index is 0.0442. The van der Waals surface area contributed by atoms with Crippen LogP contribution < -0.4 is 5.32 Å². The number of ether oxygens (including phenoxy) is 1. The van der Waals surface area contributed by atoms with E-state index in [1.165, 1.54) is 6.42 Å². The van der Waals surface area contributed by atoms with Crippen molar-refractivity contribution in [2.45, 2.75) is 45.1 Å². The quantitative estimate of drug-likeness (QED) is 0.857. The van der Waals surface area contributed by atoms with Crippen LogP contribution >= 0.6 is 0 Å². The lowest BCUT2D eigenvalue weighted by Crippen LogP contribution is -2.51. The van der Waals surface area contributed by atoms with Crippen molar-refractivity contribution in [2.75, 3.05) is 19.7 Å². The van der Waals surface area contributed by atoms with E-state index >= 15 is 0 Å². The normalized spacial score (nSPS) is 35.4. The molecule has 3 atom stereocenters. The van der Waals surface area contributed by atoms with Crippen molar-refractivity contribution in [1.29, 1.82) is 0 Å². The summed E-state index contributed by atoms with van der Waals surface area (Å²) in [6.45, 7) is 3.66. The highest BCUT2D eigenvalue weighted by Gasteiger charge is 2.49. The predicted octanol–water partition coefficient (Wildman–Crippen LogP) is 1.77. The molecule has 2 amide bonds. The zero-order valence-corrected chi connectivity index (χ0v) is 12.1. The van der Waals surface area contributed by atoms with E-state index in [1.54, 1.807) is 6.92 Å². The Kier molecular flexibility index (Phi) is 3.85. The molecule has 2 saturated carbocycles. The van der Waals surface area contributed by atoms with Gasteiger partial charge in [0.15, 0.2) is 0 Å². The predicted molar refractivity (Wildman–Crippen MR) is 74.1 cm³/mol. The molecule has 3 unspecified atom stereocenters. The third kappa shape index (κ3) is 2.91. The second kappa shape index (κ2) is 5.62. The zero-order chi connectivity index (χ0) is 14.1. The summed E-state index contributed by atoms with van der Waals surface area (Å²) in [6.07, 6.45) is 5.05. The Morgan fingerprint density at radius 1 is 1.25 bits per heavy atom. The van der Waals surface area contributed by atoms with E-state index < -0.39 is 0 Å². The van der Waals surface area contributed by atoms with E-state index in [4.69, 9.17) is 4.74 Å². The number of hydrogen-bond acceptors (Lipinski definition) is 3. The number of hydrogen-bond donors (Lipinski definition) is 1. The second-order valence-electron chi connectivity index (χ2n) is 6.41. The van der Waals surface area contributed by atoms with Gasteiger partial charge in [-0.05, 0) is 50.9 Å². The van der Waals surface area contributed by atoms with Crippen molar-refractivity contribution in [3.8, 4) is 0 Å². The first kappa shape index (κ1) is 13.7. The van der Waals surface area contributed by atoms with E-state index in [0.717, 1.165) is 44.1 Å². The SMILES string of the molecule is CCOC(=O)NC1CCCN(C(=O)C2CC3CC3C2)C1. The Balaban J connectivity index is 1.49. The summed E-state index contributed by atoms with van der Waals surface area (Å²) in [7, 11) is 0. The number of amides is 2. The summed E-state index contributed by atoms with van der Waals surface area (Å²) < 4.78 is 4.91. The summed E-state index contributed by atoms with van der Waals surface area (Å²) >= 11 is 0. The van der Waals surface area contributed by atoms with Gasteiger partial charge in [-0.1, -0.05) is 0 Å². The van der Waals surface area contributed by atoms with Crippen molar-refractivity contribution in [3.63, 3.8) is 0 Å². The molecule has 0 bridgehead atoms. The third-order valence-corrected chi connectivity index (χ3v) is 4.92. The fraction of sp³-hybridized carbons (Fsp3) is 0.867. The molecule has 5 heteroatoms. The fourth-order valence-electron chi connectivity index (χ4n) is 3.81. The zero-order valence-electron chi connectivity index (χ0n) is 12.1. The summed E-state index contributed by atoms with van der Waals surface area (Å²) in [5.74, 6) is 2.23. The Morgan fingerprint density at radius 3 is 2.70 bits per heavy atom. The van der Waals surface area contributed by atoms with Crippen LogP contribution in [0.15, 0.2) is 0 Å². The molecule has 3 fully saturated rings. The summed E-state index contributed by atoms with van der Waals surface area (Å²) in [5.41, 5.74) is 0. The first-order valence-corrected chi connectivity index (χ1v) is 7.89. The molecule has 2 aliphatic carbocycles. The van der Waals surface area contributed by atoms with Crippen molar-refractivity contribution in [1.82, 2.24) is 10.2 Å². The van der Waals surface area contributed by atoms with Crippen LogP contribution in [0.4, 0.5) is 4.79 Å². The Morgan fingerprint density at radius 2 is 2.00 bits per heavy atom. The van der Waals surface area contributed by atoms with Gasteiger partial charge in [0.05, 0.1) is 6.61 Å². The largest absolute Gasteiger partial charge is 0.450 e. The molecule has 3 aliphatic rings. The van der Waals surface area contributed by atoms with Crippen LogP contribution in [0.2, 0.25) is 0 Å². The summed E-state index contributed by atoms with van der Waals surface area (Å²) in [6, 6.07) is 0.0442. The number of fused-ring (bicyclic) bond motifs is 1. The van der Waals surface area contributed by atoms with Gasteiger partial charge in [-0.25, -0.2) is 4.79 Å². The van der Waals surface area contributed by atoms with Gasteiger partial charge in [0, 0.05) is 25.0 Å². The second-order valence-corrected chi connectivity index (χ2v) is 6.41. The molecule has 1 N–H and O–H groups in total. The topological polar surface area (TPSA) is 58.6 Å². The minimum atomic E-state index is -0.367. The molecule has 1 saturated heterocycles. The highest BCUT2D eigenvalue weighted by atomic mass is 16.5. The van der Waals surface area contributed by atoms with Gasteiger partial charge < -0.3 is 15.0 Å². The molecule has 1 heterocycles. The van der Waals surface area contributed by atoms with Crippen LogP contribution in [0.25, 0.3) is 0 Å². The lowest BCUT2D eigenvalue weighted by Gasteiger charge is -2.34. The number of alkyl carbamates (subject to hydrolysis) is 1. The maximum atomic E-state index is 12.5. The average molecular weight is 280 g/mol. The molecule has 20 heavy (non-hydrogen) atoms. The molecular formula is C15H24N2O3. The molecule has 0 spiro atoms. The third-order valence-electron chi connectivity index (χ3n) is 4.92. The molecule has 3 rings (SSSR count). The van der Waals surface area contributed by atoms with E-state index in [0.29, 0.717) is 19.1 Å². The van der Waals surface area contributed by atoms with Crippen molar-refractivity contribution in [3.05, 3.63) is 0 Å². The lowest BCUT2D eigenvalue weighted by atomic mass is 9.99. The van der Waals surface area contributed by atoms with Gasteiger partial charge in [0.2, 0.25) is 5.91 Å². The van der Waals surface area contributed by atoms with Crippen LogP contribution in [0.3, 0.4) is 0 Å². The minimum Gasteiger partial charge on any atom is -0.450 e. The van der Waals surface area contributed by atoms with Gasteiger partial charge in [-0.2, -0.15) is 0 Å². The number of piperidine rings is 1. The van der Waals surface area contributed by atoms with Crippen LogP contribution in [-0.4, -0.2) is 42.6 Å². The molecule has 0 radical (unpaired) electrons. The maximum Gasteiger partial charge on any atom is 0.407 e. The monoisotopic (exact) mass is 280 g/mol. The molecule has 0 aromatic rings. The van der Waals surface area contributed by atoms with E-state index in [2.05, 4.69) is 5.32 Å². The van der Waals surface area contributed by atoms with Gasteiger partial charge in [0.25, 0.3) is 0 Å². The summed E-state index contributed by atoms with van der Waals surface area (Å²) in [4.78, 5) is 25.9. The number of rotatable bonds is 3. The van der Waals surface area contributed by atoms with Crippen molar-refractivity contribution >= 4 is 12.0 Å². The van der Waals surface area contributed by atoms with Crippen molar-refractivity contribution < 1.29 is 14.3 Å². The van der Waals surface area contributed by atoms with Gasteiger partial charge in [0.1, 0.15) is 0 Å². The van der Waals surface area contributed by atoms with Gasteiger partial charge in [-0.3, -0.25) is 4.79 Å². The van der Waals surface area contributed by atoms with Crippen LogP contribution in [0, 0.1) is 17.8 Å². The Labute approximate surface area is 120 Å². The van der Waals surface area contributed by atoms with Crippen molar-refractivity contribution in [2.24, 2.45) is 17.8 Å². The number of nitrogens with zero attached hydrogens (tertiary/aromatic N) is 1. The van der Waals surface area contributed by atoms with Crippen LogP contribution in [0.5, 0.6) is 0 Å². The highest BCUT2D eigenvalue weighted by Crippen LogP contribution is 2.54.